The molecule has 0 saturated heterocycles. The average Bonchev–Trinajstić information content (AvgIpc) is 2.40. The summed E-state index contributed by atoms with van der Waals surface area (Å²) in [4.78, 5) is 0. The van der Waals surface area contributed by atoms with Gasteiger partial charge in [-0.3, -0.25) is 0 Å². The highest BCUT2D eigenvalue weighted by Crippen LogP contribution is 2.20. The molecule has 0 aliphatic rings. The Morgan fingerprint density at radius 1 is 1.11 bits per heavy atom. The van der Waals surface area contributed by atoms with Crippen molar-refractivity contribution in [3.05, 3.63) is 29.3 Å². The zero-order valence-corrected chi connectivity index (χ0v) is 13.1. The van der Waals surface area contributed by atoms with Crippen molar-refractivity contribution in [1.29, 1.82) is 0 Å². The lowest BCUT2D eigenvalue weighted by atomic mass is 10.0. The first-order valence-electron chi connectivity index (χ1n) is 7.59. The number of likely N-dealkylation sites (N-methyl/N-ethyl adjacent to an activating group) is 1. The fourth-order valence-corrected chi connectivity index (χ4v) is 2.40. The van der Waals surface area contributed by atoms with Crippen molar-refractivity contribution < 1.29 is 4.74 Å². The summed E-state index contributed by atoms with van der Waals surface area (Å²) in [5.74, 6) is 0.994. The summed E-state index contributed by atoms with van der Waals surface area (Å²) in [5.41, 5.74) is 2.61. The number of aryl methyl sites for hydroxylation is 2. The van der Waals surface area contributed by atoms with E-state index in [9.17, 15) is 0 Å². The molecule has 1 aromatic rings. The van der Waals surface area contributed by atoms with Gasteiger partial charge in [0.25, 0.3) is 0 Å². The molecule has 1 rings (SSSR count). The summed E-state index contributed by atoms with van der Waals surface area (Å²) in [5, 5.41) is 3.56. The molecule has 2 heteroatoms. The van der Waals surface area contributed by atoms with Gasteiger partial charge in [0.15, 0.2) is 0 Å². The quantitative estimate of drug-likeness (QED) is 0.757. The molecule has 0 aliphatic heterocycles. The SMILES string of the molecule is CCCC(NCC)C(CC)Oc1ccc(C)c(C)c1. The van der Waals surface area contributed by atoms with Crippen molar-refractivity contribution in [3.8, 4) is 5.75 Å². The molecular weight excluding hydrogens is 234 g/mol. The van der Waals surface area contributed by atoms with Crippen LogP contribution in [0.1, 0.15) is 51.2 Å². The molecule has 2 atom stereocenters. The van der Waals surface area contributed by atoms with E-state index in [-0.39, 0.29) is 6.10 Å². The molecule has 0 aromatic heterocycles. The normalized spacial score (nSPS) is 14.2. The Morgan fingerprint density at radius 3 is 2.37 bits per heavy atom. The van der Waals surface area contributed by atoms with E-state index in [4.69, 9.17) is 4.74 Å². The monoisotopic (exact) mass is 263 g/mol. The highest BCUT2D eigenvalue weighted by molar-refractivity contribution is 5.34. The molecule has 19 heavy (non-hydrogen) atoms. The van der Waals surface area contributed by atoms with Crippen LogP contribution >= 0.6 is 0 Å². The Hall–Kier alpha value is -1.02. The first-order valence-corrected chi connectivity index (χ1v) is 7.59. The standard InChI is InChI=1S/C17H29NO/c1-6-9-16(18-8-3)17(7-2)19-15-11-10-13(4)14(5)12-15/h10-12,16-18H,6-9H2,1-5H3. The van der Waals surface area contributed by atoms with Gasteiger partial charge in [-0.25, -0.2) is 0 Å². The summed E-state index contributed by atoms with van der Waals surface area (Å²) < 4.78 is 6.20. The number of hydrogen-bond acceptors (Lipinski definition) is 2. The maximum atomic E-state index is 6.20. The second-order valence-electron chi connectivity index (χ2n) is 5.26. The zero-order valence-electron chi connectivity index (χ0n) is 13.1. The van der Waals surface area contributed by atoms with Gasteiger partial charge in [-0.1, -0.05) is 33.3 Å². The Kier molecular flexibility index (Phi) is 6.93. The maximum absolute atomic E-state index is 6.20. The Labute approximate surface area is 118 Å². The van der Waals surface area contributed by atoms with Crippen molar-refractivity contribution in [2.24, 2.45) is 0 Å². The van der Waals surface area contributed by atoms with E-state index in [1.165, 1.54) is 17.5 Å². The van der Waals surface area contributed by atoms with Crippen LogP contribution < -0.4 is 10.1 Å². The number of nitrogens with one attached hydrogen (secondary N) is 1. The molecule has 0 fully saturated rings. The largest absolute Gasteiger partial charge is 0.489 e. The summed E-state index contributed by atoms with van der Waals surface area (Å²) in [6, 6.07) is 6.81. The molecule has 1 N–H and O–H groups in total. The summed E-state index contributed by atoms with van der Waals surface area (Å²) in [6.07, 6.45) is 3.63. The molecule has 1 aromatic carbocycles. The molecule has 0 bridgehead atoms. The molecule has 0 aliphatic carbocycles. The highest BCUT2D eigenvalue weighted by atomic mass is 16.5. The number of rotatable bonds is 8. The van der Waals surface area contributed by atoms with E-state index >= 15 is 0 Å². The second-order valence-corrected chi connectivity index (χ2v) is 5.26. The predicted octanol–water partition coefficient (Wildman–Crippen LogP) is 4.24. The minimum atomic E-state index is 0.252. The van der Waals surface area contributed by atoms with Crippen LogP contribution in [-0.2, 0) is 0 Å². The van der Waals surface area contributed by atoms with Crippen molar-refractivity contribution in [2.75, 3.05) is 6.54 Å². The van der Waals surface area contributed by atoms with Crippen molar-refractivity contribution >= 4 is 0 Å². The zero-order chi connectivity index (χ0) is 14.3. The molecule has 108 valence electrons. The smallest absolute Gasteiger partial charge is 0.120 e. The van der Waals surface area contributed by atoms with Crippen LogP contribution in [-0.4, -0.2) is 18.7 Å². The third kappa shape index (κ3) is 4.87. The van der Waals surface area contributed by atoms with Crippen molar-refractivity contribution in [2.45, 2.75) is 66.0 Å². The first-order chi connectivity index (χ1) is 9.12. The number of ether oxygens (including phenoxy) is 1. The summed E-state index contributed by atoms with van der Waals surface area (Å²) in [7, 11) is 0. The molecule has 0 saturated carbocycles. The van der Waals surface area contributed by atoms with Gasteiger partial charge < -0.3 is 10.1 Å². The van der Waals surface area contributed by atoms with Gasteiger partial charge in [0.05, 0.1) is 0 Å². The van der Waals surface area contributed by atoms with E-state index in [2.05, 4.69) is 58.1 Å². The van der Waals surface area contributed by atoms with Crippen LogP contribution in [0.4, 0.5) is 0 Å². The predicted molar refractivity (Wildman–Crippen MR) is 83.0 cm³/mol. The molecule has 2 unspecified atom stereocenters. The van der Waals surface area contributed by atoms with Gasteiger partial charge in [-0.2, -0.15) is 0 Å². The first kappa shape index (κ1) is 16.0. The van der Waals surface area contributed by atoms with Crippen LogP contribution in [0.25, 0.3) is 0 Å². The Bertz CT molecular complexity index is 370. The third-order valence-electron chi connectivity index (χ3n) is 3.68. The van der Waals surface area contributed by atoms with E-state index in [0.29, 0.717) is 6.04 Å². The fraction of sp³-hybridized carbons (Fsp3) is 0.647. The Morgan fingerprint density at radius 2 is 1.84 bits per heavy atom. The lowest BCUT2D eigenvalue weighted by molar-refractivity contribution is 0.143. The molecule has 0 spiro atoms. The topological polar surface area (TPSA) is 21.3 Å². The van der Waals surface area contributed by atoms with Gasteiger partial charge in [0, 0.05) is 6.04 Å². The van der Waals surface area contributed by atoms with E-state index < -0.39 is 0 Å². The summed E-state index contributed by atoms with van der Waals surface area (Å²) >= 11 is 0. The van der Waals surface area contributed by atoms with Crippen LogP contribution in [0, 0.1) is 13.8 Å². The van der Waals surface area contributed by atoms with Crippen molar-refractivity contribution in [1.82, 2.24) is 5.32 Å². The minimum Gasteiger partial charge on any atom is -0.489 e. The van der Waals surface area contributed by atoms with Crippen LogP contribution in [0.5, 0.6) is 5.75 Å². The lowest BCUT2D eigenvalue weighted by Crippen LogP contribution is -2.42. The van der Waals surface area contributed by atoms with Gasteiger partial charge in [-0.15, -0.1) is 0 Å². The Balaban J connectivity index is 2.75. The van der Waals surface area contributed by atoms with Gasteiger partial charge >= 0.3 is 0 Å². The molecule has 0 amide bonds. The average molecular weight is 263 g/mol. The fourth-order valence-electron chi connectivity index (χ4n) is 2.40. The highest BCUT2D eigenvalue weighted by Gasteiger charge is 2.20. The van der Waals surface area contributed by atoms with Crippen molar-refractivity contribution in [3.63, 3.8) is 0 Å². The number of hydrogen-bond donors (Lipinski definition) is 1. The summed E-state index contributed by atoms with van der Waals surface area (Å²) in [6.45, 7) is 11.9. The second kappa shape index (κ2) is 8.21. The maximum Gasteiger partial charge on any atom is 0.120 e. The minimum absolute atomic E-state index is 0.252. The number of benzene rings is 1. The molecule has 0 radical (unpaired) electrons. The lowest BCUT2D eigenvalue weighted by Gasteiger charge is -2.28. The van der Waals surface area contributed by atoms with Gasteiger partial charge in [0.1, 0.15) is 11.9 Å². The third-order valence-corrected chi connectivity index (χ3v) is 3.68. The van der Waals surface area contributed by atoms with Crippen LogP contribution in [0.3, 0.4) is 0 Å². The van der Waals surface area contributed by atoms with Crippen LogP contribution in [0.15, 0.2) is 18.2 Å². The van der Waals surface area contributed by atoms with E-state index in [0.717, 1.165) is 25.1 Å². The molecular formula is C17H29NO. The molecule has 0 heterocycles. The molecule has 2 nitrogen and oxygen atoms in total. The van der Waals surface area contributed by atoms with E-state index in [1.54, 1.807) is 0 Å². The van der Waals surface area contributed by atoms with Gasteiger partial charge in [0.2, 0.25) is 0 Å². The van der Waals surface area contributed by atoms with E-state index in [1.807, 2.05) is 0 Å². The van der Waals surface area contributed by atoms with Crippen LogP contribution in [0.2, 0.25) is 0 Å². The van der Waals surface area contributed by atoms with Gasteiger partial charge in [-0.05, 0) is 56.5 Å².